The molecule has 2 rings (SSSR count). The van der Waals surface area contributed by atoms with Crippen LogP contribution >= 0.6 is 0 Å². The SMILES string of the molecule is CCCCCCCCCCCCC[C@H](CCCCCCCC)c1[nH]cc[n+]1Cc1ccccc1. The minimum absolute atomic E-state index is 0.670. The van der Waals surface area contributed by atoms with Crippen LogP contribution in [-0.2, 0) is 6.54 Å². The Morgan fingerprint density at radius 2 is 1.09 bits per heavy atom. The topological polar surface area (TPSA) is 19.7 Å². The lowest BCUT2D eigenvalue weighted by Gasteiger charge is -2.14. The van der Waals surface area contributed by atoms with E-state index < -0.39 is 0 Å². The molecule has 192 valence electrons. The number of benzene rings is 1. The van der Waals surface area contributed by atoms with Gasteiger partial charge < -0.3 is 0 Å². The molecule has 0 radical (unpaired) electrons. The van der Waals surface area contributed by atoms with E-state index in [0.717, 1.165) is 6.54 Å². The number of unbranched alkanes of at least 4 members (excludes halogenated alkanes) is 15. The van der Waals surface area contributed by atoms with Crippen molar-refractivity contribution in [3.63, 3.8) is 0 Å². The summed E-state index contributed by atoms with van der Waals surface area (Å²) in [5, 5.41) is 0. The number of aromatic amines is 1. The van der Waals surface area contributed by atoms with Crippen molar-refractivity contribution in [2.45, 2.75) is 148 Å². The Kier molecular flexibility index (Phi) is 16.6. The van der Waals surface area contributed by atoms with Crippen LogP contribution in [0.2, 0.25) is 0 Å². The fourth-order valence-corrected chi connectivity index (χ4v) is 5.29. The molecule has 0 bridgehead atoms. The van der Waals surface area contributed by atoms with Crippen LogP contribution in [0.4, 0.5) is 0 Å². The molecule has 2 heteroatoms. The van der Waals surface area contributed by atoms with Crippen molar-refractivity contribution in [2.24, 2.45) is 0 Å². The number of hydrogen-bond acceptors (Lipinski definition) is 0. The van der Waals surface area contributed by atoms with Crippen molar-refractivity contribution in [3.05, 3.63) is 54.1 Å². The van der Waals surface area contributed by atoms with Crippen LogP contribution < -0.4 is 4.57 Å². The molecule has 34 heavy (non-hydrogen) atoms. The van der Waals surface area contributed by atoms with Crippen LogP contribution in [-0.4, -0.2) is 4.98 Å². The number of rotatable bonds is 22. The lowest BCUT2D eigenvalue weighted by atomic mass is 9.93. The van der Waals surface area contributed by atoms with Gasteiger partial charge in [0.1, 0.15) is 18.9 Å². The smallest absolute Gasteiger partial charge is 0.247 e. The van der Waals surface area contributed by atoms with Gasteiger partial charge in [0.2, 0.25) is 0 Å². The predicted octanol–water partition coefficient (Wildman–Crippen LogP) is 9.89. The second-order valence-corrected chi connectivity index (χ2v) is 10.5. The van der Waals surface area contributed by atoms with Crippen LogP contribution in [0.25, 0.3) is 0 Å². The molecule has 1 heterocycles. The summed E-state index contributed by atoms with van der Waals surface area (Å²) in [6.07, 6.45) is 31.1. The van der Waals surface area contributed by atoms with E-state index in [2.05, 4.69) is 66.1 Å². The molecule has 0 fully saturated rings. The quantitative estimate of drug-likeness (QED) is 0.131. The molecule has 0 saturated carbocycles. The van der Waals surface area contributed by atoms with E-state index in [9.17, 15) is 0 Å². The zero-order valence-corrected chi connectivity index (χ0v) is 22.7. The van der Waals surface area contributed by atoms with Crippen molar-refractivity contribution in [3.8, 4) is 0 Å². The van der Waals surface area contributed by atoms with Crippen molar-refractivity contribution < 1.29 is 4.57 Å². The first kappa shape index (κ1) is 28.7. The molecule has 0 unspecified atom stereocenters. The van der Waals surface area contributed by atoms with Gasteiger partial charge in [-0.25, -0.2) is 9.55 Å². The molecule has 0 saturated heterocycles. The number of hydrogen-bond donors (Lipinski definition) is 1. The molecular weight excluding hydrogens is 412 g/mol. The van der Waals surface area contributed by atoms with Crippen molar-refractivity contribution in [2.75, 3.05) is 0 Å². The number of nitrogens with zero attached hydrogens (tertiary/aromatic N) is 1. The Bertz CT molecular complexity index is 690. The van der Waals surface area contributed by atoms with E-state index in [4.69, 9.17) is 0 Å². The molecule has 1 aromatic heterocycles. The molecule has 1 atom stereocenters. The average Bonchev–Trinajstić information content (AvgIpc) is 3.31. The molecule has 0 aliphatic carbocycles. The monoisotopic (exact) mass is 467 g/mol. The van der Waals surface area contributed by atoms with Crippen molar-refractivity contribution >= 4 is 0 Å². The number of imidazole rings is 1. The summed E-state index contributed by atoms with van der Waals surface area (Å²) in [6.45, 7) is 5.59. The fourth-order valence-electron chi connectivity index (χ4n) is 5.29. The van der Waals surface area contributed by atoms with Gasteiger partial charge in [-0.1, -0.05) is 153 Å². The second-order valence-electron chi connectivity index (χ2n) is 10.5. The summed E-state index contributed by atoms with van der Waals surface area (Å²) in [7, 11) is 0. The summed E-state index contributed by atoms with van der Waals surface area (Å²) < 4.78 is 2.47. The second kappa shape index (κ2) is 19.7. The summed E-state index contributed by atoms with van der Waals surface area (Å²) in [4.78, 5) is 3.64. The largest absolute Gasteiger partial charge is 0.257 e. The summed E-state index contributed by atoms with van der Waals surface area (Å²) >= 11 is 0. The first-order valence-electron chi connectivity index (χ1n) is 15.0. The van der Waals surface area contributed by atoms with Gasteiger partial charge in [-0.15, -0.1) is 0 Å². The third kappa shape index (κ3) is 12.8. The van der Waals surface area contributed by atoms with E-state index in [1.807, 2.05) is 0 Å². The maximum atomic E-state index is 3.64. The highest BCUT2D eigenvalue weighted by Gasteiger charge is 2.22. The third-order valence-corrected chi connectivity index (χ3v) is 7.44. The van der Waals surface area contributed by atoms with Crippen molar-refractivity contribution in [1.29, 1.82) is 0 Å². The number of H-pyrrole nitrogens is 1. The highest BCUT2D eigenvalue weighted by molar-refractivity contribution is 5.13. The Morgan fingerprint density at radius 1 is 0.618 bits per heavy atom. The molecule has 1 aromatic carbocycles. The van der Waals surface area contributed by atoms with Gasteiger partial charge in [0.25, 0.3) is 5.82 Å². The molecule has 0 amide bonds. The summed E-state index contributed by atoms with van der Waals surface area (Å²) in [6, 6.07) is 10.9. The first-order valence-corrected chi connectivity index (χ1v) is 15.0. The van der Waals surface area contributed by atoms with E-state index in [1.54, 1.807) is 0 Å². The zero-order valence-electron chi connectivity index (χ0n) is 22.7. The lowest BCUT2D eigenvalue weighted by Crippen LogP contribution is -2.38. The van der Waals surface area contributed by atoms with Gasteiger partial charge in [0.15, 0.2) is 0 Å². The molecule has 0 aliphatic heterocycles. The Hall–Kier alpha value is -1.57. The van der Waals surface area contributed by atoms with Gasteiger partial charge in [0, 0.05) is 0 Å². The summed E-state index contributed by atoms with van der Waals surface area (Å²) in [5.74, 6) is 2.12. The van der Waals surface area contributed by atoms with Crippen molar-refractivity contribution in [1.82, 2.24) is 4.98 Å². The van der Waals surface area contributed by atoms with Gasteiger partial charge in [-0.05, 0) is 18.4 Å². The highest BCUT2D eigenvalue weighted by Crippen LogP contribution is 2.26. The minimum atomic E-state index is 0.670. The molecule has 0 aliphatic rings. The Morgan fingerprint density at radius 3 is 1.59 bits per heavy atom. The van der Waals surface area contributed by atoms with Crippen LogP contribution in [0.15, 0.2) is 42.7 Å². The van der Waals surface area contributed by atoms with Crippen LogP contribution in [0.5, 0.6) is 0 Å². The molecule has 0 spiro atoms. The maximum absolute atomic E-state index is 3.64. The Labute approximate surface area is 212 Å². The number of aromatic nitrogens is 2. The number of nitrogens with one attached hydrogen (secondary N) is 1. The zero-order chi connectivity index (χ0) is 24.1. The maximum Gasteiger partial charge on any atom is 0.257 e. The minimum Gasteiger partial charge on any atom is -0.247 e. The van der Waals surface area contributed by atoms with Gasteiger partial charge >= 0.3 is 0 Å². The van der Waals surface area contributed by atoms with E-state index in [-0.39, 0.29) is 0 Å². The average molecular weight is 468 g/mol. The highest BCUT2D eigenvalue weighted by atomic mass is 15.1. The predicted molar refractivity (Wildman–Crippen MR) is 148 cm³/mol. The molecule has 1 N–H and O–H groups in total. The van der Waals surface area contributed by atoms with Gasteiger partial charge in [-0.2, -0.15) is 0 Å². The molecular formula is C32H55N2+. The molecule has 2 aromatic rings. The standard InChI is InChI=1S/C32H54N2/c1-3-5-7-9-11-12-13-14-15-17-22-26-31(25-21-16-10-8-6-4-2)32-33-27-28-34(32)29-30-23-19-18-20-24-30/h18-20,23-24,27-28,31H,3-17,21-22,25-26,29H2,1-2H3/p+1/t31-/m0/s1. The van der Waals surface area contributed by atoms with Crippen LogP contribution in [0.1, 0.15) is 153 Å². The third-order valence-electron chi connectivity index (χ3n) is 7.44. The van der Waals surface area contributed by atoms with E-state index in [1.165, 1.54) is 133 Å². The van der Waals surface area contributed by atoms with E-state index >= 15 is 0 Å². The van der Waals surface area contributed by atoms with Gasteiger partial charge in [-0.3, -0.25) is 0 Å². The van der Waals surface area contributed by atoms with Crippen LogP contribution in [0.3, 0.4) is 0 Å². The van der Waals surface area contributed by atoms with Crippen LogP contribution in [0, 0.1) is 0 Å². The van der Waals surface area contributed by atoms with Gasteiger partial charge in [0.05, 0.1) is 5.92 Å². The molecule has 2 nitrogen and oxygen atoms in total. The first-order chi connectivity index (χ1) is 16.8. The van der Waals surface area contributed by atoms with E-state index in [0.29, 0.717) is 5.92 Å². The normalized spacial score (nSPS) is 12.3. The lowest BCUT2D eigenvalue weighted by molar-refractivity contribution is -0.695. The fraction of sp³-hybridized carbons (Fsp3) is 0.719. The summed E-state index contributed by atoms with van der Waals surface area (Å²) in [5.41, 5.74) is 1.39. The Balaban J connectivity index is 1.75.